The number of Topliss-reactive ketones (excluding diaryl/α,β-unsaturated/α-hetero) is 1. The van der Waals surface area contributed by atoms with Crippen LogP contribution in [0.4, 0.5) is 0 Å². The summed E-state index contributed by atoms with van der Waals surface area (Å²) in [7, 11) is 0. The molecule has 0 N–H and O–H groups in total. The standard InChI is InChI=1S/C20H21NO4/c1-15(22)17-8-5-9-18(12-17)25-14-20(23)21-10-11-24-19(13-21)16-6-3-2-4-7-16/h2-9,12,19H,10-11,13-14H2,1H3. The van der Waals surface area contributed by atoms with Crippen molar-refractivity contribution in [3.8, 4) is 5.75 Å². The van der Waals surface area contributed by atoms with Crippen molar-refractivity contribution in [1.82, 2.24) is 4.90 Å². The molecule has 1 atom stereocenters. The van der Waals surface area contributed by atoms with Crippen molar-refractivity contribution in [1.29, 1.82) is 0 Å². The van der Waals surface area contributed by atoms with Gasteiger partial charge >= 0.3 is 0 Å². The minimum Gasteiger partial charge on any atom is -0.484 e. The zero-order valence-corrected chi connectivity index (χ0v) is 14.2. The summed E-state index contributed by atoms with van der Waals surface area (Å²) in [6.07, 6.45) is -0.111. The minimum absolute atomic E-state index is 0.0318. The average molecular weight is 339 g/mol. The molecule has 1 aliphatic heterocycles. The highest BCUT2D eigenvalue weighted by Crippen LogP contribution is 2.22. The van der Waals surface area contributed by atoms with Gasteiger partial charge in [-0.15, -0.1) is 0 Å². The van der Waals surface area contributed by atoms with Gasteiger partial charge in [-0.05, 0) is 24.6 Å². The number of ketones is 1. The van der Waals surface area contributed by atoms with Crippen LogP contribution < -0.4 is 4.74 Å². The predicted molar refractivity (Wildman–Crippen MR) is 93.7 cm³/mol. The third-order valence-electron chi connectivity index (χ3n) is 4.19. The molecule has 1 saturated heterocycles. The number of nitrogens with zero attached hydrogens (tertiary/aromatic N) is 1. The smallest absolute Gasteiger partial charge is 0.260 e. The van der Waals surface area contributed by atoms with Crippen LogP contribution in [0, 0.1) is 0 Å². The van der Waals surface area contributed by atoms with Crippen LogP contribution in [-0.2, 0) is 9.53 Å². The number of carbonyl (C=O) groups excluding carboxylic acids is 2. The lowest BCUT2D eigenvalue weighted by molar-refractivity contribution is -0.141. The number of amides is 1. The number of carbonyl (C=O) groups is 2. The van der Waals surface area contributed by atoms with Gasteiger partial charge in [0.05, 0.1) is 13.2 Å². The summed E-state index contributed by atoms with van der Waals surface area (Å²) in [5.41, 5.74) is 1.63. The third kappa shape index (κ3) is 4.45. The van der Waals surface area contributed by atoms with Gasteiger partial charge in [0.2, 0.25) is 0 Å². The summed E-state index contributed by atoms with van der Waals surface area (Å²) in [6.45, 7) is 3.02. The maximum atomic E-state index is 12.4. The number of rotatable bonds is 5. The first-order valence-electron chi connectivity index (χ1n) is 8.31. The fraction of sp³-hybridized carbons (Fsp3) is 0.300. The Morgan fingerprint density at radius 1 is 1.16 bits per heavy atom. The summed E-state index contributed by atoms with van der Waals surface area (Å²) in [5.74, 6) is 0.405. The molecule has 130 valence electrons. The zero-order valence-electron chi connectivity index (χ0n) is 14.2. The van der Waals surface area contributed by atoms with E-state index in [2.05, 4.69) is 0 Å². The summed E-state index contributed by atoms with van der Waals surface area (Å²) < 4.78 is 11.3. The molecule has 5 heteroatoms. The molecule has 1 unspecified atom stereocenters. The molecule has 1 fully saturated rings. The Labute approximate surface area is 147 Å². The molecule has 0 aromatic heterocycles. The van der Waals surface area contributed by atoms with E-state index in [0.29, 0.717) is 31.0 Å². The van der Waals surface area contributed by atoms with Gasteiger partial charge in [0.15, 0.2) is 12.4 Å². The van der Waals surface area contributed by atoms with Crippen LogP contribution in [0.3, 0.4) is 0 Å². The second-order valence-corrected chi connectivity index (χ2v) is 5.98. The SMILES string of the molecule is CC(=O)c1cccc(OCC(=O)N2CCOC(c3ccccc3)C2)c1. The van der Waals surface area contributed by atoms with Gasteiger partial charge in [-0.3, -0.25) is 9.59 Å². The molecule has 2 aromatic carbocycles. The highest BCUT2D eigenvalue weighted by molar-refractivity contribution is 5.94. The summed E-state index contributed by atoms with van der Waals surface area (Å²) in [5, 5.41) is 0. The van der Waals surface area contributed by atoms with Crippen LogP contribution in [0.15, 0.2) is 54.6 Å². The van der Waals surface area contributed by atoms with Crippen molar-refractivity contribution in [2.45, 2.75) is 13.0 Å². The van der Waals surface area contributed by atoms with E-state index < -0.39 is 0 Å². The molecule has 2 aromatic rings. The third-order valence-corrected chi connectivity index (χ3v) is 4.19. The number of benzene rings is 2. The molecule has 1 amide bonds. The van der Waals surface area contributed by atoms with E-state index in [1.54, 1.807) is 29.2 Å². The summed E-state index contributed by atoms with van der Waals surface area (Å²) in [6, 6.07) is 16.8. The van der Waals surface area contributed by atoms with Crippen molar-refractivity contribution < 1.29 is 19.1 Å². The van der Waals surface area contributed by atoms with Gasteiger partial charge in [-0.1, -0.05) is 42.5 Å². The average Bonchev–Trinajstić information content (AvgIpc) is 2.67. The van der Waals surface area contributed by atoms with Gasteiger partial charge in [0.1, 0.15) is 11.9 Å². The van der Waals surface area contributed by atoms with Gasteiger partial charge in [0.25, 0.3) is 5.91 Å². The fourth-order valence-electron chi connectivity index (χ4n) is 2.79. The Morgan fingerprint density at radius 3 is 2.72 bits per heavy atom. The van der Waals surface area contributed by atoms with E-state index in [0.717, 1.165) is 5.56 Å². The summed E-state index contributed by atoms with van der Waals surface area (Å²) >= 11 is 0. The predicted octanol–water partition coefficient (Wildman–Crippen LogP) is 2.87. The van der Waals surface area contributed by atoms with Gasteiger partial charge < -0.3 is 14.4 Å². The van der Waals surface area contributed by atoms with E-state index in [9.17, 15) is 9.59 Å². The number of hydrogen-bond donors (Lipinski definition) is 0. The van der Waals surface area contributed by atoms with Crippen molar-refractivity contribution in [3.63, 3.8) is 0 Å². The lowest BCUT2D eigenvalue weighted by Gasteiger charge is -2.33. The van der Waals surface area contributed by atoms with Crippen LogP contribution in [-0.4, -0.2) is 42.9 Å². The molecule has 5 nitrogen and oxygen atoms in total. The van der Waals surface area contributed by atoms with Crippen molar-refractivity contribution >= 4 is 11.7 Å². The lowest BCUT2D eigenvalue weighted by Crippen LogP contribution is -2.44. The Hall–Kier alpha value is -2.66. The lowest BCUT2D eigenvalue weighted by atomic mass is 10.1. The first-order valence-corrected chi connectivity index (χ1v) is 8.31. The number of ether oxygens (including phenoxy) is 2. The molecular formula is C20H21NO4. The van der Waals surface area contributed by atoms with Crippen LogP contribution in [0.2, 0.25) is 0 Å². The van der Waals surface area contributed by atoms with Crippen LogP contribution in [0.1, 0.15) is 28.9 Å². The van der Waals surface area contributed by atoms with E-state index in [1.165, 1.54) is 6.92 Å². The molecule has 25 heavy (non-hydrogen) atoms. The Kier molecular flexibility index (Phi) is 5.46. The largest absolute Gasteiger partial charge is 0.484 e. The van der Waals surface area contributed by atoms with Crippen molar-refractivity contribution in [2.75, 3.05) is 26.3 Å². The normalized spacial score (nSPS) is 17.2. The van der Waals surface area contributed by atoms with Crippen LogP contribution >= 0.6 is 0 Å². The van der Waals surface area contributed by atoms with Crippen molar-refractivity contribution in [3.05, 3.63) is 65.7 Å². The topological polar surface area (TPSA) is 55.8 Å². The van der Waals surface area contributed by atoms with Crippen molar-refractivity contribution in [2.24, 2.45) is 0 Å². The van der Waals surface area contributed by atoms with Gasteiger partial charge in [0, 0.05) is 12.1 Å². The fourth-order valence-corrected chi connectivity index (χ4v) is 2.79. The van der Waals surface area contributed by atoms with Gasteiger partial charge in [-0.2, -0.15) is 0 Å². The second kappa shape index (κ2) is 7.94. The highest BCUT2D eigenvalue weighted by atomic mass is 16.5. The first-order chi connectivity index (χ1) is 12.1. The quantitative estimate of drug-likeness (QED) is 0.786. The maximum Gasteiger partial charge on any atom is 0.260 e. The van der Waals surface area contributed by atoms with E-state index in [1.807, 2.05) is 30.3 Å². The molecule has 3 rings (SSSR count). The first kappa shape index (κ1) is 17.2. The highest BCUT2D eigenvalue weighted by Gasteiger charge is 2.25. The number of morpholine rings is 1. The molecule has 0 bridgehead atoms. The summed E-state index contributed by atoms with van der Waals surface area (Å²) in [4.78, 5) is 25.6. The Balaban J connectivity index is 1.58. The zero-order chi connectivity index (χ0) is 17.6. The minimum atomic E-state index is -0.111. The van der Waals surface area contributed by atoms with E-state index in [4.69, 9.17) is 9.47 Å². The van der Waals surface area contributed by atoms with Crippen LogP contribution in [0.25, 0.3) is 0 Å². The van der Waals surface area contributed by atoms with E-state index >= 15 is 0 Å². The van der Waals surface area contributed by atoms with E-state index in [-0.39, 0.29) is 24.4 Å². The second-order valence-electron chi connectivity index (χ2n) is 5.98. The molecule has 1 aliphatic rings. The molecule has 1 heterocycles. The molecule has 0 spiro atoms. The Bertz CT molecular complexity index is 744. The maximum absolute atomic E-state index is 12.4. The Morgan fingerprint density at radius 2 is 1.96 bits per heavy atom. The molecular weight excluding hydrogens is 318 g/mol. The van der Waals surface area contributed by atoms with Crippen LogP contribution in [0.5, 0.6) is 5.75 Å². The molecule has 0 radical (unpaired) electrons. The molecule has 0 saturated carbocycles. The monoisotopic (exact) mass is 339 g/mol. The van der Waals surface area contributed by atoms with Gasteiger partial charge in [-0.25, -0.2) is 0 Å². The molecule has 0 aliphatic carbocycles. The number of hydrogen-bond acceptors (Lipinski definition) is 4.